The fraction of sp³-hybridized carbons (Fsp3) is 0.462. The van der Waals surface area contributed by atoms with Crippen LogP contribution in [-0.4, -0.2) is 92.6 Å². The number of aromatic hydroxyl groups is 1. The molecule has 0 radical (unpaired) electrons. The number of hydrogen-bond acceptors (Lipinski definition) is 8. The first kappa shape index (κ1) is 26.0. The van der Waals surface area contributed by atoms with E-state index in [-0.39, 0.29) is 51.3 Å². The zero-order valence-electron chi connectivity index (χ0n) is 21.0. The van der Waals surface area contributed by atoms with Gasteiger partial charge in [0.2, 0.25) is 17.7 Å². The molecule has 4 aliphatic rings. The van der Waals surface area contributed by atoms with Gasteiger partial charge >= 0.3 is 12.3 Å². The molecular weight excluding hydrogens is 535 g/mol. The molecule has 0 bridgehead atoms. The quantitative estimate of drug-likeness (QED) is 0.603. The maximum absolute atomic E-state index is 14.0. The minimum Gasteiger partial charge on any atom is -0.492 e. The van der Waals surface area contributed by atoms with Crippen molar-refractivity contribution in [2.24, 2.45) is 16.7 Å². The number of benzene rings is 1. The number of rotatable bonds is 4. The van der Waals surface area contributed by atoms with Crippen molar-refractivity contribution in [2.75, 3.05) is 32.8 Å². The normalized spacial score (nSPS) is 24.6. The van der Waals surface area contributed by atoms with E-state index in [9.17, 15) is 37.5 Å². The van der Waals surface area contributed by atoms with Crippen LogP contribution in [0.3, 0.4) is 0 Å². The van der Waals surface area contributed by atoms with Gasteiger partial charge in [-0.1, -0.05) is 30.3 Å². The third-order valence-electron chi connectivity index (χ3n) is 8.41. The number of imide groups is 1. The summed E-state index contributed by atoms with van der Waals surface area (Å²) >= 11 is 0. The molecule has 1 spiro atoms. The lowest BCUT2D eigenvalue weighted by atomic mass is 9.70. The third-order valence-corrected chi connectivity index (χ3v) is 8.41. The van der Waals surface area contributed by atoms with Crippen LogP contribution in [0.2, 0.25) is 0 Å². The summed E-state index contributed by atoms with van der Waals surface area (Å²) in [5.41, 5.74) is -3.22. The van der Waals surface area contributed by atoms with Crippen molar-refractivity contribution in [3.05, 3.63) is 54.0 Å². The number of amides is 4. The van der Waals surface area contributed by atoms with E-state index >= 15 is 0 Å². The maximum Gasteiger partial charge on any atom is 0.417 e. The van der Waals surface area contributed by atoms with Crippen LogP contribution in [0.25, 0.3) is 0 Å². The third kappa shape index (κ3) is 3.87. The molecule has 3 aliphatic heterocycles. The SMILES string of the molecule is O=C(c1nccnc1O)N1C[C@@H](C(=O)N2C(=O)OC[C@H]2c2ccccc2)C2(C1)CN(C(=O)C1(C(F)(F)F)CC1)C2. The standard InChI is InChI=1S/C26H24F3N5O6/c27-26(28,29)25(6-7-25)22(38)33-13-24(14-33)12-32(21(37)18-19(35)31-9-8-30-18)10-16(24)20(36)34-17(11-40-23(34)39)15-4-2-1-3-5-15/h1-5,8-9,16-17H,6-7,10-14H2,(H,31,35)/t16-,17-/m0/s1. The molecule has 3 saturated heterocycles. The monoisotopic (exact) mass is 559 g/mol. The van der Waals surface area contributed by atoms with Gasteiger partial charge in [0.15, 0.2) is 5.69 Å². The van der Waals surface area contributed by atoms with E-state index in [1.807, 2.05) is 0 Å². The Morgan fingerprint density at radius 1 is 1.00 bits per heavy atom. The van der Waals surface area contributed by atoms with Crippen molar-refractivity contribution < 1.29 is 42.2 Å². The van der Waals surface area contributed by atoms with Gasteiger partial charge in [-0.3, -0.25) is 14.4 Å². The van der Waals surface area contributed by atoms with E-state index in [4.69, 9.17) is 4.74 Å². The molecule has 40 heavy (non-hydrogen) atoms. The topological polar surface area (TPSA) is 133 Å². The predicted octanol–water partition coefficient (Wildman–Crippen LogP) is 2.15. The summed E-state index contributed by atoms with van der Waals surface area (Å²) in [5.74, 6) is -4.08. The van der Waals surface area contributed by atoms with Crippen LogP contribution in [0.5, 0.6) is 5.88 Å². The van der Waals surface area contributed by atoms with Crippen molar-refractivity contribution in [3.63, 3.8) is 0 Å². The van der Waals surface area contributed by atoms with Crippen molar-refractivity contribution in [2.45, 2.75) is 25.1 Å². The summed E-state index contributed by atoms with van der Waals surface area (Å²) in [4.78, 5) is 63.7. The van der Waals surface area contributed by atoms with Gasteiger partial charge in [-0.05, 0) is 18.4 Å². The minimum absolute atomic E-state index is 0.0802. The van der Waals surface area contributed by atoms with Gasteiger partial charge in [-0.25, -0.2) is 19.7 Å². The molecule has 14 heteroatoms. The van der Waals surface area contributed by atoms with Gasteiger partial charge in [-0.15, -0.1) is 0 Å². The highest BCUT2D eigenvalue weighted by Gasteiger charge is 2.72. The summed E-state index contributed by atoms with van der Waals surface area (Å²) in [5, 5.41) is 10.1. The molecule has 1 aliphatic carbocycles. The second-order valence-electron chi connectivity index (χ2n) is 10.8. The van der Waals surface area contributed by atoms with Crippen LogP contribution >= 0.6 is 0 Å². The number of aromatic nitrogens is 2. The average Bonchev–Trinajstić information content (AvgIpc) is 3.51. The van der Waals surface area contributed by atoms with Crippen molar-refractivity contribution in [3.8, 4) is 5.88 Å². The van der Waals surface area contributed by atoms with Crippen LogP contribution in [0.1, 0.15) is 34.9 Å². The summed E-state index contributed by atoms with van der Waals surface area (Å²) in [6.07, 6.45) is -3.75. The Kier molecular flexibility index (Phi) is 5.78. The molecule has 2 aromatic rings. The number of alkyl halides is 3. The number of likely N-dealkylation sites (tertiary alicyclic amines) is 2. The Morgan fingerprint density at radius 3 is 2.27 bits per heavy atom. The van der Waals surface area contributed by atoms with Gasteiger partial charge in [0.05, 0.1) is 5.92 Å². The Labute approximate surface area is 225 Å². The molecule has 1 aromatic heterocycles. The highest BCUT2D eigenvalue weighted by Crippen LogP contribution is 2.60. The van der Waals surface area contributed by atoms with Gasteiger partial charge in [0.25, 0.3) is 5.91 Å². The molecule has 11 nitrogen and oxygen atoms in total. The van der Waals surface area contributed by atoms with Crippen LogP contribution in [0, 0.1) is 16.7 Å². The fourth-order valence-corrected chi connectivity index (χ4v) is 6.07. The molecule has 2 atom stereocenters. The van der Waals surface area contributed by atoms with E-state index in [2.05, 4.69) is 9.97 Å². The second-order valence-corrected chi connectivity index (χ2v) is 10.8. The van der Waals surface area contributed by atoms with Crippen LogP contribution in [0.15, 0.2) is 42.7 Å². The zero-order chi connectivity index (χ0) is 28.4. The molecule has 1 aromatic carbocycles. The molecule has 210 valence electrons. The summed E-state index contributed by atoms with van der Waals surface area (Å²) in [6, 6.07) is 8.01. The predicted molar refractivity (Wildman–Crippen MR) is 127 cm³/mol. The number of halogens is 3. The van der Waals surface area contributed by atoms with E-state index in [0.717, 1.165) is 9.80 Å². The number of carbonyl (C=O) groups excluding carboxylic acids is 4. The first-order chi connectivity index (χ1) is 19.0. The lowest BCUT2D eigenvalue weighted by molar-refractivity contribution is -0.205. The first-order valence-corrected chi connectivity index (χ1v) is 12.7. The van der Waals surface area contributed by atoms with E-state index in [0.29, 0.717) is 5.56 Å². The van der Waals surface area contributed by atoms with Crippen molar-refractivity contribution in [1.82, 2.24) is 24.7 Å². The summed E-state index contributed by atoms with van der Waals surface area (Å²) in [7, 11) is 0. The Morgan fingerprint density at radius 2 is 1.65 bits per heavy atom. The first-order valence-electron chi connectivity index (χ1n) is 12.7. The maximum atomic E-state index is 14.0. The summed E-state index contributed by atoms with van der Waals surface area (Å²) in [6.45, 7) is -0.779. The molecule has 4 heterocycles. The number of ether oxygens (including phenoxy) is 1. The fourth-order valence-electron chi connectivity index (χ4n) is 6.07. The highest BCUT2D eigenvalue weighted by atomic mass is 19.4. The molecule has 0 unspecified atom stereocenters. The molecule has 4 amide bonds. The van der Waals surface area contributed by atoms with E-state index in [1.54, 1.807) is 30.3 Å². The van der Waals surface area contributed by atoms with Gasteiger partial charge in [0, 0.05) is 44.0 Å². The van der Waals surface area contributed by atoms with Crippen molar-refractivity contribution in [1.29, 1.82) is 0 Å². The molecule has 1 N–H and O–H groups in total. The Hall–Kier alpha value is -4.23. The number of hydrogen-bond donors (Lipinski definition) is 1. The molecule has 6 rings (SSSR count). The number of nitrogens with zero attached hydrogens (tertiary/aromatic N) is 5. The van der Waals surface area contributed by atoms with Gasteiger partial charge in [-0.2, -0.15) is 13.2 Å². The largest absolute Gasteiger partial charge is 0.492 e. The Bertz CT molecular complexity index is 1390. The zero-order valence-corrected chi connectivity index (χ0v) is 21.0. The highest BCUT2D eigenvalue weighted by molar-refractivity contribution is 5.98. The molecule has 1 saturated carbocycles. The Balaban J connectivity index is 1.30. The lowest BCUT2D eigenvalue weighted by Gasteiger charge is -2.51. The number of cyclic esters (lactones) is 1. The summed E-state index contributed by atoms with van der Waals surface area (Å²) < 4.78 is 46.1. The molecule has 4 fully saturated rings. The van der Waals surface area contributed by atoms with Crippen LogP contribution < -0.4 is 0 Å². The van der Waals surface area contributed by atoms with Crippen LogP contribution in [-0.2, 0) is 14.3 Å². The average molecular weight is 560 g/mol. The van der Waals surface area contributed by atoms with Crippen LogP contribution in [0.4, 0.5) is 18.0 Å². The van der Waals surface area contributed by atoms with E-state index < -0.39 is 58.7 Å². The van der Waals surface area contributed by atoms with Gasteiger partial charge < -0.3 is 19.6 Å². The molecular formula is C26H24F3N5O6. The van der Waals surface area contributed by atoms with Crippen molar-refractivity contribution >= 4 is 23.8 Å². The van der Waals surface area contributed by atoms with E-state index in [1.165, 1.54) is 17.3 Å². The minimum atomic E-state index is -4.69. The smallest absolute Gasteiger partial charge is 0.417 e. The number of carbonyl (C=O) groups is 4. The van der Waals surface area contributed by atoms with Gasteiger partial charge in [0.1, 0.15) is 18.1 Å². The second kappa shape index (κ2) is 8.89. The lowest BCUT2D eigenvalue weighted by Crippen LogP contribution is -2.66.